The largest absolute Gasteiger partial charge is 0.0587 e. The van der Waals surface area contributed by atoms with Crippen molar-refractivity contribution in [2.45, 2.75) is 99.3 Å². The molecule has 0 nitrogen and oxygen atoms in total. The predicted molar refractivity (Wildman–Crippen MR) is 223 cm³/mol. The van der Waals surface area contributed by atoms with Crippen LogP contribution in [0.15, 0.2) is 84.9 Å². The first-order valence-electron chi connectivity index (χ1n) is 18.9. The molecule has 0 spiro atoms. The summed E-state index contributed by atoms with van der Waals surface area (Å²) < 4.78 is 0. The van der Waals surface area contributed by atoms with Crippen LogP contribution in [0.1, 0.15) is 99.9 Å². The number of fused-ring (bicyclic) bond motifs is 10. The maximum atomic E-state index is 2.56. The summed E-state index contributed by atoms with van der Waals surface area (Å²) in [5, 5.41) is 8.14. The lowest BCUT2D eigenvalue weighted by atomic mass is 9.76. The van der Waals surface area contributed by atoms with Crippen LogP contribution in [0.3, 0.4) is 0 Å². The smallest absolute Gasteiger partial charge is 0.0159 e. The van der Waals surface area contributed by atoms with Gasteiger partial charge in [0, 0.05) is 5.41 Å². The van der Waals surface area contributed by atoms with Gasteiger partial charge in [0.05, 0.1) is 0 Å². The van der Waals surface area contributed by atoms with Gasteiger partial charge in [-0.3, -0.25) is 0 Å². The van der Waals surface area contributed by atoms with E-state index in [-0.39, 0.29) is 16.2 Å². The van der Waals surface area contributed by atoms with E-state index in [1.807, 2.05) is 0 Å². The second-order valence-corrected chi connectivity index (χ2v) is 18.5. The van der Waals surface area contributed by atoms with Crippen LogP contribution in [0.5, 0.6) is 0 Å². The molecule has 0 atom stereocenters. The van der Waals surface area contributed by atoms with Crippen molar-refractivity contribution in [3.05, 3.63) is 129 Å². The molecule has 254 valence electrons. The third-order valence-electron chi connectivity index (χ3n) is 12.4. The number of aryl methyl sites for hydroxylation is 4. The van der Waals surface area contributed by atoms with Crippen LogP contribution in [-0.2, 0) is 16.2 Å². The van der Waals surface area contributed by atoms with E-state index in [2.05, 4.69) is 168 Å². The molecule has 2 aliphatic carbocycles. The van der Waals surface area contributed by atoms with Gasteiger partial charge in [0.25, 0.3) is 0 Å². The zero-order valence-corrected chi connectivity index (χ0v) is 32.6. The third-order valence-corrected chi connectivity index (χ3v) is 12.4. The molecule has 51 heavy (non-hydrogen) atoms. The minimum atomic E-state index is -0.112. The Bertz CT molecular complexity index is 2700. The van der Waals surface area contributed by atoms with Gasteiger partial charge in [-0.1, -0.05) is 133 Å². The molecule has 0 saturated carbocycles. The number of benzene rings is 7. The van der Waals surface area contributed by atoms with Crippen molar-refractivity contribution >= 4 is 32.3 Å². The van der Waals surface area contributed by atoms with E-state index in [4.69, 9.17) is 0 Å². The molecule has 0 aliphatic heterocycles. The van der Waals surface area contributed by atoms with Crippen LogP contribution in [0.25, 0.3) is 76.8 Å². The standard InChI is InChI=1S/C51H50/c1-27-13-16-33-36(20-27)39(25-38-34-17-14-29(3)46-45-30(4)19-28(2)21-40(45)42(48(34)46)26-37(33)38)41-22-32(50(8,9)10)24-44-47(41)35-18-15-31(49(5,6)7)23-43(35)51(44,11)12/h13-26H,1-12H3. The van der Waals surface area contributed by atoms with Crippen LogP contribution in [0.2, 0.25) is 0 Å². The summed E-state index contributed by atoms with van der Waals surface area (Å²) in [7, 11) is 0. The summed E-state index contributed by atoms with van der Waals surface area (Å²) in [6.07, 6.45) is 0. The van der Waals surface area contributed by atoms with Gasteiger partial charge in [-0.2, -0.15) is 0 Å². The van der Waals surface area contributed by atoms with E-state index in [0.717, 1.165) is 0 Å². The lowest BCUT2D eigenvalue weighted by Crippen LogP contribution is -2.19. The Kier molecular flexibility index (Phi) is 6.46. The molecule has 0 N–H and O–H groups in total. The normalized spacial score (nSPS) is 14.4. The van der Waals surface area contributed by atoms with Gasteiger partial charge in [-0.05, 0) is 167 Å². The van der Waals surface area contributed by atoms with Crippen molar-refractivity contribution in [3.8, 4) is 44.5 Å². The first-order chi connectivity index (χ1) is 23.9. The number of hydrogen-bond donors (Lipinski definition) is 0. The molecule has 0 heteroatoms. The first kappa shape index (κ1) is 32.2. The molecule has 0 saturated heterocycles. The highest BCUT2D eigenvalue weighted by atomic mass is 14.4. The van der Waals surface area contributed by atoms with Crippen LogP contribution in [-0.4, -0.2) is 0 Å². The van der Waals surface area contributed by atoms with Gasteiger partial charge < -0.3 is 0 Å². The van der Waals surface area contributed by atoms with Crippen molar-refractivity contribution in [1.82, 2.24) is 0 Å². The summed E-state index contributed by atoms with van der Waals surface area (Å²) in [6.45, 7) is 28.0. The second-order valence-electron chi connectivity index (χ2n) is 18.5. The topological polar surface area (TPSA) is 0 Å². The van der Waals surface area contributed by atoms with Crippen LogP contribution in [0.4, 0.5) is 0 Å². The Balaban J connectivity index is 1.45. The van der Waals surface area contributed by atoms with Gasteiger partial charge in [0.15, 0.2) is 0 Å². The van der Waals surface area contributed by atoms with E-state index in [1.165, 1.54) is 121 Å². The van der Waals surface area contributed by atoms with E-state index < -0.39 is 0 Å². The van der Waals surface area contributed by atoms with E-state index in [9.17, 15) is 0 Å². The van der Waals surface area contributed by atoms with Crippen molar-refractivity contribution in [2.24, 2.45) is 0 Å². The first-order valence-corrected chi connectivity index (χ1v) is 18.9. The van der Waals surface area contributed by atoms with Gasteiger partial charge in [-0.15, -0.1) is 0 Å². The van der Waals surface area contributed by atoms with Crippen molar-refractivity contribution in [1.29, 1.82) is 0 Å². The Labute approximate surface area is 304 Å². The Morgan fingerprint density at radius 2 is 1.04 bits per heavy atom. The molecule has 2 aliphatic rings. The van der Waals surface area contributed by atoms with Crippen molar-refractivity contribution in [2.75, 3.05) is 0 Å². The highest BCUT2D eigenvalue weighted by Gasteiger charge is 2.39. The van der Waals surface area contributed by atoms with Gasteiger partial charge in [0.2, 0.25) is 0 Å². The van der Waals surface area contributed by atoms with Gasteiger partial charge in [-0.25, -0.2) is 0 Å². The fourth-order valence-electron chi connectivity index (χ4n) is 9.60. The SMILES string of the molecule is Cc1cc(C)c2c(c1)-c1cc3c4ccc(C)cc4c(-c4cc(C(C)(C)C)cc5c4-c4ccc(C(C)(C)C)cc4C5(C)C)cc3c3ccc(C)c-2c13. The lowest BCUT2D eigenvalue weighted by Gasteiger charge is -2.28. The summed E-state index contributed by atoms with van der Waals surface area (Å²) in [6, 6.07) is 34.1. The lowest BCUT2D eigenvalue weighted by molar-refractivity contribution is 0.580. The number of rotatable bonds is 1. The van der Waals surface area contributed by atoms with E-state index in [0.29, 0.717) is 0 Å². The second kappa shape index (κ2) is 10.2. The van der Waals surface area contributed by atoms with E-state index >= 15 is 0 Å². The molecule has 9 rings (SSSR count). The van der Waals surface area contributed by atoms with Crippen LogP contribution < -0.4 is 0 Å². The zero-order chi connectivity index (χ0) is 36.1. The molecular weight excluding hydrogens is 613 g/mol. The average Bonchev–Trinajstić information content (AvgIpc) is 3.50. The monoisotopic (exact) mass is 662 g/mol. The molecule has 7 aromatic carbocycles. The highest BCUT2D eigenvalue weighted by molar-refractivity contribution is 6.29. The third kappa shape index (κ3) is 4.45. The fourth-order valence-corrected chi connectivity index (χ4v) is 9.60. The van der Waals surface area contributed by atoms with E-state index in [1.54, 1.807) is 0 Å². The molecule has 0 unspecified atom stereocenters. The molecule has 0 bridgehead atoms. The fraction of sp³-hybridized carbons (Fsp3) is 0.294. The maximum absolute atomic E-state index is 2.56. The molecular formula is C51H50. The maximum Gasteiger partial charge on any atom is 0.0159 e. The molecule has 7 aromatic rings. The molecule has 0 amide bonds. The average molecular weight is 663 g/mol. The van der Waals surface area contributed by atoms with Crippen molar-refractivity contribution in [3.63, 3.8) is 0 Å². The van der Waals surface area contributed by atoms with Crippen LogP contribution >= 0.6 is 0 Å². The molecule has 0 radical (unpaired) electrons. The highest BCUT2D eigenvalue weighted by Crippen LogP contribution is 2.57. The molecule has 0 aromatic heterocycles. The summed E-state index contributed by atoms with van der Waals surface area (Å²) in [4.78, 5) is 0. The van der Waals surface area contributed by atoms with Crippen molar-refractivity contribution < 1.29 is 0 Å². The minimum absolute atomic E-state index is 0.00230. The Morgan fingerprint density at radius 3 is 1.76 bits per heavy atom. The minimum Gasteiger partial charge on any atom is -0.0587 e. The van der Waals surface area contributed by atoms with Gasteiger partial charge >= 0.3 is 0 Å². The summed E-state index contributed by atoms with van der Waals surface area (Å²) in [5.41, 5.74) is 22.1. The molecule has 0 heterocycles. The zero-order valence-electron chi connectivity index (χ0n) is 32.6. The summed E-state index contributed by atoms with van der Waals surface area (Å²) >= 11 is 0. The quantitative estimate of drug-likeness (QED) is 0.153. The van der Waals surface area contributed by atoms with Crippen LogP contribution in [0, 0.1) is 27.7 Å². The van der Waals surface area contributed by atoms with Gasteiger partial charge in [0.1, 0.15) is 0 Å². The molecule has 0 fully saturated rings. The Hall–Kier alpha value is -4.68. The predicted octanol–water partition coefficient (Wildman–Crippen LogP) is 14.6. The Morgan fingerprint density at radius 1 is 0.392 bits per heavy atom. The number of hydrogen-bond acceptors (Lipinski definition) is 0. The summed E-state index contributed by atoms with van der Waals surface area (Å²) in [5.74, 6) is 0.